The minimum atomic E-state index is -3.17. The highest BCUT2D eigenvalue weighted by Crippen LogP contribution is 2.34. The number of hydrogen-bond acceptors (Lipinski definition) is 4. The fourth-order valence-electron chi connectivity index (χ4n) is 2.43. The van der Waals surface area contributed by atoms with E-state index in [1.54, 1.807) is 0 Å². The third-order valence-electron chi connectivity index (χ3n) is 3.39. The van der Waals surface area contributed by atoms with Crippen molar-refractivity contribution in [1.29, 1.82) is 0 Å². The SMILES string of the molecule is CNCCC1CS(=O)(=O)c2c(C)ccc(C)c2N1. The van der Waals surface area contributed by atoms with Gasteiger partial charge in [0.15, 0.2) is 9.84 Å². The molecule has 2 rings (SSSR count). The van der Waals surface area contributed by atoms with Gasteiger partial charge in [-0.25, -0.2) is 8.42 Å². The van der Waals surface area contributed by atoms with Crippen molar-refractivity contribution in [3.8, 4) is 0 Å². The van der Waals surface area contributed by atoms with Crippen molar-refractivity contribution >= 4 is 15.5 Å². The molecular weight excluding hydrogens is 248 g/mol. The average molecular weight is 268 g/mol. The van der Waals surface area contributed by atoms with Gasteiger partial charge in [-0.1, -0.05) is 12.1 Å². The van der Waals surface area contributed by atoms with E-state index in [1.807, 2.05) is 33.0 Å². The number of anilines is 1. The summed E-state index contributed by atoms with van der Waals surface area (Å²) in [4.78, 5) is 0.489. The highest BCUT2D eigenvalue weighted by molar-refractivity contribution is 7.91. The maximum Gasteiger partial charge on any atom is 0.182 e. The van der Waals surface area contributed by atoms with Crippen LogP contribution in [0.3, 0.4) is 0 Å². The number of sulfone groups is 1. The second-order valence-electron chi connectivity index (χ2n) is 4.92. The monoisotopic (exact) mass is 268 g/mol. The Labute approximate surface area is 109 Å². The molecule has 1 aliphatic heterocycles. The van der Waals surface area contributed by atoms with E-state index < -0.39 is 9.84 Å². The number of nitrogens with one attached hydrogen (secondary N) is 2. The summed E-state index contributed by atoms with van der Waals surface area (Å²) in [5.74, 6) is 0.186. The van der Waals surface area contributed by atoms with Crippen LogP contribution in [-0.2, 0) is 9.84 Å². The maximum atomic E-state index is 12.4. The van der Waals surface area contributed by atoms with Crippen LogP contribution in [0.5, 0.6) is 0 Å². The Hall–Kier alpha value is -1.07. The Balaban J connectivity index is 2.44. The van der Waals surface area contributed by atoms with Crippen LogP contribution in [0.4, 0.5) is 5.69 Å². The Morgan fingerprint density at radius 3 is 2.67 bits per heavy atom. The summed E-state index contributed by atoms with van der Waals surface area (Å²) in [7, 11) is -1.29. The highest BCUT2D eigenvalue weighted by Gasteiger charge is 2.31. The first-order valence-corrected chi connectivity index (χ1v) is 7.85. The van der Waals surface area contributed by atoms with E-state index in [9.17, 15) is 8.42 Å². The van der Waals surface area contributed by atoms with Crippen LogP contribution in [-0.4, -0.2) is 33.8 Å². The van der Waals surface area contributed by atoms with Crippen molar-refractivity contribution < 1.29 is 8.42 Å². The molecule has 1 heterocycles. The van der Waals surface area contributed by atoms with E-state index in [0.717, 1.165) is 29.8 Å². The van der Waals surface area contributed by atoms with Gasteiger partial charge in [-0.2, -0.15) is 0 Å². The molecule has 100 valence electrons. The summed E-state index contributed by atoms with van der Waals surface area (Å²) in [6.45, 7) is 4.61. The standard InChI is InChI=1S/C13H20N2O2S/c1-9-4-5-10(2)13-12(9)15-11(6-7-14-3)8-18(13,16)17/h4-5,11,14-15H,6-8H2,1-3H3. The van der Waals surface area contributed by atoms with E-state index in [1.165, 1.54) is 0 Å². The number of benzene rings is 1. The predicted molar refractivity (Wildman–Crippen MR) is 73.9 cm³/mol. The fraction of sp³-hybridized carbons (Fsp3) is 0.538. The quantitative estimate of drug-likeness (QED) is 0.872. The molecule has 2 N–H and O–H groups in total. The molecule has 0 spiro atoms. The minimum Gasteiger partial charge on any atom is -0.380 e. The van der Waals surface area contributed by atoms with Crippen LogP contribution >= 0.6 is 0 Å². The van der Waals surface area contributed by atoms with E-state index in [2.05, 4.69) is 10.6 Å². The summed E-state index contributed by atoms with van der Waals surface area (Å²) in [6.07, 6.45) is 0.808. The smallest absolute Gasteiger partial charge is 0.182 e. The Bertz CT molecular complexity index is 552. The number of hydrogen-bond donors (Lipinski definition) is 2. The van der Waals surface area contributed by atoms with Crippen LogP contribution in [0.25, 0.3) is 0 Å². The predicted octanol–water partition coefficient (Wildman–Crippen LogP) is 1.48. The van der Waals surface area contributed by atoms with Gasteiger partial charge in [0.2, 0.25) is 0 Å². The van der Waals surface area contributed by atoms with Crippen LogP contribution in [0.15, 0.2) is 17.0 Å². The topological polar surface area (TPSA) is 58.2 Å². The molecular formula is C13H20N2O2S. The van der Waals surface area contributed by atoms with Crippen molar-refractivity contribution in [3.05, 3.63) is 23.3 Å². The van der Waals surface area contributed by atoms with Gasteiger partial charge in [0.05, 0.1) is 16.3 Å². The van der Waals surface area contributed by atoms with Crippen molar-refractivity contribution in [2.24, 2.45) is 0 Å². The summed E-state index contributed by atoms with van der Waals surface area (Å²) < 4.78 is 24.7. The van der Waals surface area contributed by atoms with E-state index in [-0.39, 0.29) is 11.8 Å². The van der Waals surface area contributed by atoms with Gasteiger partial charge in [-0.05, 0) is 45.0 Å². The third kappa shape index (κ3) is 2.37. The first kappa shape index (κ1) is 13.4. The first-order valence-electron chi connectivity index (χ1n) is 6.20. The van der Waals surface area contributed by atoms with Gasteiger partial charge < -0.3 is 10.6 Å². The minimum absolute atomic E-state index is 0.00421. The largest absolute Gasteiger partial charge is 0.380 e. The second kappa shape index (κ2) is 4.90. The molecule has 0 aliphatic carbocycles. The summed E-state index contributed by atoms with van der Waals surface area (Å²) in [6, 6.07) is 3.84. The van der Waals surface area contributed by atoms with E-state index in [0.29, 0.717) is 4.90 Å². The van der Waals surface area contributed by atoms with Gasteiger partial charge in [0.25, 0.3) is 0 Å². The van der Waals surface area contributed by atoms with Crippen LogP contribution in [0.1, 0.15) is 17.5 Å². The molecule has 1 aromatic rings. The normalized spacial score (nSPS) is 21.2. The molecule has 0 fully saturated rings. The molecule has 0 amide bonds. The Kier molecular flexibility index (Phi) is 3.64. The van der Waals surface area contributed by atoms with Crippen molar-refractivity contribution in [2.75, 3.05) is 24.7 Å². The molecule has 0 saturated carbocycles. The molecule has 0 saturated heterocycles. The lowest BCUT2D eigenvalue weighted by Gasteiger charge is -2.29. The first-order chi connectivity index (χ1) is 8.45. The van der Waals surface area contributed by atoms with Crippen LogP contribution in [0, 0.1) is 13.8 Å². The Morgan fingerprint density at radius 1 is 1.33 bits per heavy atom. The second-order valence-corrected chi connectivity index (χ2v) is 6.89. The van der Waals surface area contributed by atoms with Crippen molar-refractivity contribution in [1.82, 2.24) is 5.32 Å². The van der Waals surface area contributed by atoms with E-state index >= 15 is 0 Å². The van der Waals surface area contributed by atoms with Gasteiger partial charge >= 0.3 is 0 Å². The Morgan fingerprint density at radius 2 is 2.00 bits per heavy atom. The molecule has 4 nitrogen and oxygen atoms in total. The van der Waals surface area contributed by atoms with Crippen molar-refractivity contribution in [3.63, 3.8) is 0 Å². The third-order valence-corrected chi connectivity index (χ3v) is 5.38. The lowest BCUT2D eigenvalue weighted by Crippen LogP contribution is -2.37. The summed E-state index contributed by atoms with van der Waals surface area (Å²) >= 11 is 0. The zero-order chi connectivity index (χ0) is 13.3. The molecule has 1 atom stereocenters. The van der Waals surface area contributed by atoms with E-state index in [4.69, 9.17) is 0 Å². The molecule has 0 aromatic heterocycles. The van der Waals surface area contributed by atoms with Crippen LogP contribution in [0.2, 0.25) is 0 Å². The van der Waals surface area contributed by atoms with Gasteiger partial charge in [0, 0.05) is 6.04 Å². The number of aryl methyl sites for hydroxylation is 2. The van der Waals surface area contributed by atoms with Gasteiger partial charge in [0.1, 0.15) is 0 Å². The molecule has 18 heavy (non-hydrogen) atoms. The van der Waals surface area contributed by atoms with Crippen LogP contribution < -0.4 is 10.6 Å². The molecule has 1 unspecified atom stereocenters. The zero-order valence-corrected chi connectivity index (χ0v) is 11.9. The molecule has 5 heteroatoms. The highest BCUT2D eigenvalue weighted by atomic mass is 32.2. The van der Waals surface area contributed by atoms with Crippen molar-refractivity contribution in [2.45, 2.75) is 31.2 Å². The number of rotatable bonds is 3. The molecule has 1 aromatic carbocycles. The molecule has 1 aliphatic rings. The maximum absolute atomic E-state index is 12.4. The fourth-order valence-corrected chi connectivity index (χ4v) is 4.47. The zero-order valence-electron chi connectivity index (χ0n) is 11.1. The lowest BCUT2D eigenvalue weighted by atomic mass is 10.1. The van der Waals surface area contributed by atoms with Gasteiger partial charge in [-0.3, -0.25) is 0 Å². The lowest BCUT2D eigenvalue weighted by molar-refractivity contribution is 0.574. The van der Waals surface area contributed by atoms with Gasteiger partial charge in [-0.15, -0.1) is 0 Å². The average Bonchev–Trinajstić information content (AvgIpc) is 2.29. The summed E-state index contributed by atoms with van der Waals surface area (Å²) in [5.41, 5.74) is 2.62. The number of fused-ring (bicyclic) bond motifs is 1. The molecule has 0 bridgehead atoms. The molecule has 0 radical (unpaired) electrons. The summed E-state index contributed by atoms with van der Waals surface area (Å²) in [5, 5.41) is 6.43.